The quantitative estimate of drug-likeness (QED) is 0.660. The number of benzene rings is 1. The number of nitrogens with zero attached hydrogens (tertiary/aromatic N) is 1. The monoisotopic (exact) mass is 299 g/mol. The fraction of sp³-hybridized carbons (Fsp3) is 0.412. The number of nitrogens with one attached hydrogen (secondary N) is 1. The van der Waals surface area contributed by atoms with Crippen molar-refractivity contribution in [3.05, 3.63) is 36.0 Å². The topological polar surface area (TPSA) is 62.8 Å². The average Bonchev–Trinajstić information content (AvgIpc) is 2.47. The molecule has 2 atom stereocenters. The molecule has 3 rings (SSSR count). The molecule has 4 heteroatoms. The van der Waals surface area contributed by atoms with E-state index in [1.165, 1.54) is 25.7 Å². The first-order valence-electron chi connectivity index (χ1n) is 7.54. The standard InChI is InChI=1S/C17H21N3S/c1-11-5-4-6-12(9-11)21-16-13-7-2-3-8-15(13)20-10-14(16)17(18)19/h2-3,7-8,10-12H,4-6,9H2,1H3,(H3,18,19). The smallest absolute Gasteiger partial charge is 0.125 e. The molecule has 110 valence electrons. The molecule has 0 aliphatic heterocycles. The fourth-order valence-corrected chi connectivity index (χ4v) is 4.72. The van der Waals surface area contributed by atoms with E-state index < -0.39 is 0 Å². The molecular formula is C17H21N3S. The fourth-order valence-electron chi connectivity index (χ4n) is 3.09. The van der Waals surface area contributed by atoms with Crippen LogP contribution in [0, 0.1) is 11.3 Å². The maximum Gasteiger partial charge on any atom is 0.125 e. The zero-order valence-electron chi connectivity index (χ0n) is 12.3. The Balaban J connectivity index is 2.01. The van der Waals surface area contributed by atoms with Gasteiger partial charge in [-0.1, -0.05) is 38.0 Å². The highest BCUT2D eigenvalue weighted by Crippen LogP contribution is 2.40. The van der Waals surface area contributed by atoms with E-state index in [-0.39, 0.29) is 5.84 Å². The summed E-state index contributed by atoms with van der Waals surface area (Å²) < 4.78 is 0. The van der Waals surface area contributed by atoms with Crippen molar-refractivity contribution in [1.29, 1.82) is 5.41 Å². The summed E-state index contributed by atoms with van der Waals surface area (Å²) >= 11 is 1.89. The van der Waals surface area contributed by atoms with Crippen molar-refractivity contribution in [2.75, 3.05) is 0 Å². The number of hydrogen-bond acceptors (Lipinski definition) is 3. The lowest BCUT2D eigenvalue weighted by Gasteiger charge is -2.27. The van der Waals surface area contributed by atoms with Gasteiger partial charge in [-0.15, -0.1) is 11.8 Å². The molecule has 2 aromatic rings. The molecule has 1 aromatic heterocycles. The molecule has 21 heavy (non-hydrogen) atoms. The molecule has 1 aliphatic rings. The van der Waals surface area contributed by atoms with E-state index in [0.717, 1.165) is 27.3 Å². The third-order valence-electron chi connectivity index (χ3n) is 4.19. The Labute approximate surface area is 129 Å². The molecule has 0 bridgehead atoms. The van der Waals surface area contributed by atoms with Gasteiger partial charge in [-0.3, -0.25) is 10.4 Å². The minimum absolute atomic E-state index is 0.111. The molecule has 0 spiro atoms. The van der Waals surface area contributed by atoms with Crippen LogP contribution in [0.25, 0.3) is 10.9 Å². The van der Waals surface area contributed by atoms with Crippen LogP contribution in [0.3, 0.4) is 0 Å². The summed E-state index contributed by atoms with van der Waals surface area (Å²) in [6.45, 7) is 2.34. The van der Waals surface area contributed by atoms with Crippen molar-refractivity contribution in [3.8, 4) is 0 Å². The van der Waals surface area contributed by atoms with Gasteiger partial charge in [-0.25, -0.2) is 0 Å². The minimum atomic E-state index is 0.111. The van der Waals surface area contributed by atoms with Crippen molar-refractivity contribution >= 4 is 28.5 Å². The van der Waals surface area contributed by atoms with Crippen LogP contribution in [-0.2, 0) is 0 Å². The zero-order chi connectivity index (χ0) is 14.8. The molecular weight excluding hydrogens is 278 g/mol. The third-order valence-corrected chi connectivity index (χ3v) is 5.63. The van der Waals surface area contributed by atoms with E-state index in [4.69, 9.17) is 11.1 Å². The zero-order valence-corrected chi connectivity index (χ0v) is 13.1. The molecule has 3 nitrogen and oxygen atoms in total. The van der Waals surface area contributed by atoms with Gasteiger partial charge in [0.2, 0.25) is 0 Å². The van der Waals surface area contributed by atoms with E-state index in [0.29, 0.717) is 5.25 Å². The normalized spacial score (nSPS) is 22.3. The number of fused-ring (bicyclic) bond motifs is 1. The predicted octanol–water partition coefficient (Wildman–Crippen LogP) is 4.19. The average molecular weight is 299 g/mol. The Bertz CT molecular complexity index is 668. The Morgan fingerprint density at radius 3 is 2.90 bits per heavy atom. The Kier molecular flexibility index (Phi) is 4.15. The SMILES string of the molecule is CC1CCCC(Sc2c(C(=N)N)cnc3ccccc23)C1. The molecule has 0 saturated heterocycles. The van der Waals surface area contributed by atoms with Gasteiger partial charge in [0.25, 0.3) is 0 Å². The molecule has 1 saturated carbocycles. The van der Waals surface area contributed by atoms with E-state index in [1.807, 2.05) is 30.0 Å². The number of aromatic nitrogens is 1. The number of hydrogen-bond donors (Lipinski definition) is 2. The third kappa shape index (κ3) is 3.05. The number of para-hydroxylation sites is 1. The van der Waals surface area contributed by atoms with Crippen LogP contribution in [0.1, 0.15) is 38.2 Å². The Hall–Kier alpha value is -1.55. The van der Waals surface area contributed by atoms with Crippen LogP contribution >= 0.6 is 11.8 Å². The van der Waals surface area contributed by atoms with Crippen molar-refractivity contribution < 1.29 is 0 Å². The summed E-state index contributed by atoms with van der Waals surface area (Å²) in [5.41, 5.74) is 7.52. The molecule has 3 N–H and O–H groups in total. The van der Waals surface area contributed by atoms with Crippen LogP contribution in [-0.4, -0.2) is 16.1 Å². The first-order chi connectivity index (χ1) is 10.1. The number of nitrogens with two attached hydrogens (primary N) is 1. The second-order valence-corrected chi connectivity index (χ2v) is 7.25. The molecule has 1 aliphatic carbocycles. The summed E-state index contributed by atoms with van der Waals surface area (Å²) in [7, 11) is 0. The molecule has 1 fully saturated rings. The summed E-state index contributed by atoms with van der Waals surface area (Å²) in [6.07, 6.45) is 6.89. The second-order valence-electron chi connectivity index (χ2n) is 5.94. The maximum absolute atomic E-state index is 7.83. The van der Waals surface area contributed by atoms with Crippen LogP contribution in [0.4, 0.5) is 0 Å². The summed E-state index contributed by atoms with van der Waals surface area (Å²) in [6, 6.07) is 8.14. The van der Waals surface area contributed by atoms with Gasteiger partial charge in [0.15, 0.2) is 0 Å². The van der Waals surface area contributed by atoms with Gasteiger partial charge < -0.3 is 5.73 Å². The highest BCUT2D eigenvalue weighted by Gasteiger charge is 2.22. The lowest BCUT2D eigenvalue weighted by atomic mass is 9.91. The number of pyridine rings is 1. The van der Waals surface area contributed by atoms with Crippen LogP contribution < -0.4 is 5.73 Å². The van der Waals surface area contributed by atoms with E-state index in [2.05, 4.69) is 18.0 Å². The highest BCUT2D eigenvalue weighted by atomic mass is 32.2. The molecule has 0 amide bonds. The van der Waals surface area contributed by atoms with E-state index in [9.17, 15) is 0 Å². The number of rotatable bonds is 3. The molecule has 1 heterocycles. The predicted molar refractivity (Wildman–Crippen MR) is 90.0 cm³/mol. The number of amidine groups is 1. The van der Waals surface area contributed by atoms with Gasteiger partial charge in [-0.2, -0.15) is 0 Å². The lowest BCUT2D eigenvalue weighted by Crippen LogP contribution is -2.17. The van der Waals surface area contributed by atoms with Crippen molar-refractivity contribution in [3.63, 3.8) is 0 Å². The largest absolute Gasteiger partial charge is 0.384 e. The van der Waals surface area contributed by atoms with Crippen molar-refractivity contribution in [2.24, 2.45) is 11.7 Å². The van der Waals surface area contributed by atoms with Crippen molar-refractivity contribution in [2.45, 2.75) is 42.8 Å². The summed E-state index contributed by atoms with van der Waals surface area (Å²) in [4.78, 5) is 5.57. The first-order valence-corrected chi connectivity index (χ1v) is 8.42. The van der Waals surface area contributed by atoms with Gasteiger partial charge in [0.1, 0.15) is 5.84 Å². The van der Waals surface area contributed by atoms with Crippen LogP contribution in [0.15, 0.2) is 35.4 Å². The Morgan fingerprint density at radius 1 is 1.33 bits per heavy atom. The summed E-state index contributed by atoms with van der Waals surface area (Å²) in [5.74, 6) is 0.907. The minimum Gasteiger partial charge on any atom is -0.384 e. The van der Waals surface area contributed by atoms with Crippen molar-refractivity contribution in [1.82, 2.24) is 4.98 Å². The van der Waals surface area contributed by atoms with Crippen LogP contribution in [0.2, 0.25) is 0 Å². The van der Waals surface area contributed by atoms with Crippen LogP contribution in [0.5, 0.6) is 0 Å². The maximum atomic E-state index is 7.83. The lowest BCUT2D eigenvalue weighted by molar-refractivity contribution is 0.394. The Morgan fingerprint density at radius 2 is 2.14 bits per heavy atom. The van der Waals surface area contributed by atoms with Gasteiger partial charge in [0.05, 0.1) is 5.52 Å². The number of thioether (sulfide) groups is 1. The first kappa shape index (κ1) is 14.4. The molecule has 0 radical (unpaired) electrons. The number of nitrogen functional groups attached to an aromatic ring is 1. The highest BCUT2D eigenvalue weighted by molar-refractivity contribution is 8.00. The molecule has 1 aromatic carbocycles. The second kappa shape index (κ2) is 6.06. The van der Waals surface area contributed by atoms with E-state index in [1.54, 1.807) is 6.20 Å². The van der Waals surface area contributed by atoms with Gasteiger partial charge in [0, 0.05) is 27.3 Å². The van der Waals surface area contributed by atoms with Gasteiger partial charge >= 0.3 is 0 Å². The van der Waals surface area contributed by atoms with E-state index >= 15 is 0 Å². The summed E-state index contributed by atoms with van der Waals surface area (Å²) in [5, 5.41) is 9.57. The van der Waals surface area contributed by atoms with Gasteiger partial charge in [-0.05, 0) is 24.8 Å². The molecule has 2 unspecified atom stereocenters.